The molecule has 2 aliphatic heterocycles. The molecule has 8 nitrogen and oxygen atoms in total. The number of fused-ring (bicyclic) bond motifs is 4. The number of aliphatic hydroxyl groups is 1. The number of carbonyl (C=O) groups is 3. The van der Waals surface area contributed by atoms with E-state index in [0.717, 1.165) is 11.3 Å². The Balaban J connectivity index is 1.33. The maximum atomic E-state index is 15.0. The summed E-state index contributed by atoms with van der Waals surface area (Å²) >= 11 is 0. The fourth-order valence-electron chi connectivity index (χ4n) is 7.20. The molecule has 0 aromatic heterocycles. The molecule has 0 radical (unpaired) electrons. The van der Waals surface area contributed by atoms with Crippen molar-refractivity contribution in [3.63, 3.8) is 0 Å². The zero-order valence-electron chi connectivity index (χ0n) is 21.8. The molecule has 3 N–H and O–H groups in total. The van der Waals surface area contributed by atoms with Crippen LogP contribution in [0.3, 0.4) is 0 Å². The number of hydrogen-bond donors (Lipinski definition) is 3. The van der Waals surface area contributed by atoms with Crippen LogP contribution in [-0.4, -0.2) is 58.8 Å². The Labute approximate surface area is 230 Å². The van der Waals surface area contributed by atoms with Crippen molar-refractivity contribution in [3.8, 4) is 17.2 Å². The van der Waals surface area contributed by atoms with E-state index in [1.165, 1.54) is 0 Å². The lowest BCUT2D eigenvalue weighted by Crippen LogP contribution is -2.56. The van der Waals surface area contributed by atoms with Crippen molar-refractivity contribution in [1.82, 2.24) is 15.5 Å². The molecular weight excluding hydrogens is 518 g/mol. The van der Waals surface area contributed by atoms with E-state index in [4.69, 9.17) is 0 Å². The first kappa shape index (κ1) is 26.4. The first-order chi connectivity index (χ1) is 19.2. The maximum absolute atomic E-state index is 15.0. The van der Waals surface area contributed by atoms with Crippen LogP contribution in [0.5, 0.6) is 0 Å². The Kier molecular flexibility index (Phi) is 6.37. The van der Waals surface area contributed by atoms with Crippen LogP contribution in [0, 0.1) is 29.1 Å². The van der Waals surface area contributed by atoms with Gasteiger partial charge < -0.3 is 20.6 Å². The number of nitrogens with one attached hydrogen (secondary N) is 2. The Hall–Kier alpha value is -3.84. The Morgan fingerprint density at radius 2 is 1.77 bits per heavy atom. The first-order valence-corrected chi connectivity index (χ1v) is 13.7. The summed E-state index contributed by atoms with van der Waals surface area (Å²) in [6.07, 6.45) is 1.07. The third-order valence-corrected chi connectivity index (χ3v) is 9.16. The fourth-order valence-corrected chi connectivity index (χ4v) is 7.20. The van der Waals surface area contributed by atoms with Crippen LogP contribution in [0.25, 0.3) is 11.1 Å². The first-order valence-electron chi connectivity index (χ1n) is 13.7. The molecule has 2 saturated heterocycles. The van der Waals surface area contributed by atoms with Gasteiger partial charge in [0.1, 0.15) is 12.1 Å². The molecule has 3 fully saturated rings. The van der Waals surface area contributed by atoms with Gasteiger partial charge in [0, 0.05) is 42.5 Å². The number of piperidine rings is 1. The van der Waals surface area contributed by atoms with Crippen LogP contribution >= 0.6 is 0 Å². The number of alkyl halides is 2. The SMILES string of the molecule is N#C[C@@H](C[C@@H]1CCCNC1=O)NC(=O)[C@@H]1[C@@H]2CCC(F)(F)[C@@H]2CN1C(=O)C1(O)c2ccccc2-c2ccccc21. The lowest BCUT2D eigenvalue weighted by molar-refractivity contribution is -0.153. The Morgan fingerprint density at radius 3 is 2.40 bits per heavy atom. The van der Waals surface area contributed by atoms with Gasteiger partial charge in [0.15, 0.2) is 5.60 Å². The molecule has 4 aliphatic rings. The normalized spacial score (nSPS) is 28.1. The van der Waals surface area contributed by atoms with Gasteiger partial charge >= 0.3 is 0 Å². The highest BCUT2D eigenvalue weighted by Gasteiger charge is 2.63. The zero-order valence-corrected chi connectivity index (χ0v) is 21.8. The second kappa shape index (κ2) is 9.66. The number of nitrogens with zero attached hydrogens (tertiary/aromatic N) is 2. The fraction of sp³-hybridized carbons (Fsp3) is 0.467. The molecule has 0 unspecified atom stereocenters. The van der Waals surface area contributed by atoms with Crippen molar-refractivity contribution in [3.05, 3.63) is 59.7 Å². The van der Waals surface area contributed by atoms with Crippen LogP contribution in [0.4, 0.5) is 8.78 Å². The number of carbonyl (C=O) groups excluding carboxylic acids is 3. The number of halogens is 2. The summed E-state index contributed by atoms with van der Waals surface area (Å²) in [6, 6.07) is 13.5. The largest absolute Gasteiger partial charge is 0.372 e. The minimum Gasteiger partial charge on any atom is -0.372 e. The number of hydrogen-bond acceptors (Lipinski definition) is 5. The van der Waals surface area contributed by atoms with Gasteiger partial charge in [-0.05, 0) is 42.7 Å². The average molecular weight is 549 g/mol. The van der Waals surface area contributed by atoms with E-state index in [1.807, 2.05) is 6.07 Å². The molecular formula is C30H30F2N4O4. The summed E-state index contributed by atoms with van der Waals surface area (Å²) in [7, 11) is 0. The second-order valence-electron chi connectivity index (χ2n) is 11.3. The van der Waals surface area contributed by atoms with Gasteiger partial charge in [-0.25, -0.2) is 8.78 Å². The molecule has 208 valence electrons. The van der Waals surface area contributed by atoms with Crippen molar-refractivity contribution < 1.29 is 28.3 Å². The van der Waals surface area contributed by atoms with E-state index in [1.54, 1.807) is 48.5 Å². The standard InChI is InChI=1S/C30H30F2N4O4/c31-29(32)12-11-21-24(29)16-36(25(21)27(38)35-18(15-33)14-17-6-5-13-34-26(17)37)28(39)30(40)22-9-3-1-7-19(22)20-8-2-4-10-23(20)30/h1-4,7-10,17-18,21,24-25,40H,5-6,11-14,16H2,(H,34,37)(H,35,38)/t17-,18+,21+,24+,25-/m0/s1. The summed E-state index contributed by atoms with van der Waals surface area (Å²) < 4.78 is 30.0. The van der Waals surface area contributed by atoms with Crippen LogP contribution in [0.1, 0.15) is 43.2 Å². The van der Waals surface area contributed by atoms with E-state index in [9.17, 15) is 33.5 Å². The molecule has 0 bridgehead atoms. The van der Waals surface area contributed by atoms with Crippen molar-refractivity contribution in [2.75, 3.05) is 13.1 Å². The third kappa shape index (κ3) is 3.98. The molecule has 40 heavy (non-hydrogen) atoms. The number of benzene rings is 2. The summed E-state index contributed by atoms with van der Waals surface area (Å²) in [5, 5.41) is 27.3. The topological polar surface area (TPSA) is 123 Å². The van der Waals surface area contributed by atoms with E-state index in [2.05, 4.69) is 10.6 Å². The Morgan fingerprint density at radius 1 is 1.12 bits per heavy atom. The number of likely N-dealkylation sites (tertiary alicyclic amines) is 1. The zero-order chi connectivity index (χ0) is 28.2. The van der Waals surface area contributed by atoms with Crippen molar-refractivity contribution in [2.24, 2.45) is 17.8 Å². The van der Waals surface area contributed by atoms with Crippen LogP contribution < -0.4 is 10.6 Å². The van der Waals surface area contributed by atoms with E-state index >= 15 is 0 Å². The molecule has 5 atom stereocenters. The van der Waals surface area contributed by atoms with Gasteiger partial charge in [-0.15, -0.1) is 0 Å². The average Bonchev–Trinajstić information content (AvgIpc) is 3.58. The van der Waals surface area contributed by atoms with E-state index in [0.29, 0.717) is 35.2 Å². The highest BCUT2D eigenvalue weighted by Crippen LogP contribution is 2.54. The van der Waals surface area contributed by atoms with Crippen molar-refractivity contribution in [2.45, 2.75) is 55.7 Å². The molecule has 2 heterocycles. The minimum atomic E-state index is -3.07. The quantitative estimate of drug-likeness (QED) is 0.531. The van der Waals surface area contributed by atoms with Crippen molar-refractivity contribution >= 4 is 17.7 Å². The highest BCUT2D eigenvalue weighted by atomic mass is 19.3. The molecule has 1 saturated carbocycles. The number of amides is 3. The second-order valence-corrected chi connectivity index (χ2v) is 11.3. The number of nitriles is 1. The summed E-state index contributed by atoms with van der Waals surface area (Å²) in [5.41, 5.74) is -0.163. The van der Waals surface area contributed by atoms with Gasteiger partial charge in [0.2, 0.25) is 11.8 Å². The van der Waals surface area contributed by atoms with E-state index < -0.39 is 59.6 Å². The molecule has 10 heteroatoms. The van der Waals surface area contributed by atoms with Crippen LogP contribution in [-0.2, 0) is 20.0 Å². The molecule has 6 rings (SSSR count). The predicted octanol–water partition coefficient (Wildman–Crippen LogP) is 2.70. The monoisotopic (exact) mass is 548 g/mol. The lowest BCUT2D eigenvalue weighted by Gasteiger charge is -2.34. The van der Waals surface area contributed by atoms with Crippen LogP contribution in [0.15, 0.2) is 48.5 Å². The third-order valence-electron chi connectivity index (χ3n) is 9.16. The number of rotatable bonds is 5. The predicted molar refractivity (Wildman–Crippen MR) is 139 cm³/mol. The van der Waals surface area contributed by atoms with Crippen molar-refractivity contribution in [1.29, 1.82) is 5.26 Å². The summed E-state index contributed by atoms with van der Waals surface area (Å²) in [4.78, 5) is 41.4. The van der Waals surface area contributed by atoms with Gasteiger partial charge in [-0.1, -0.05) is 48.5 Å². The van der Waals surface area contributed by atoms with Gasteiger partial charge in [-0.2, -0.15) is 5.26 Å². The van der Waals surface area contributed by atoms with E-state index in [-0.39, 0.29) is 25.3 Å². The maximum Gasteiger partial charge on any atom is 0.264 e. The van der Waals surface area contributed by atoms with Gasteiger partial charge in [0.25, 0.3) is 11.8 Å². The summed E-state index contributed by atoms with van der Waals surface area (Å²) in [6.45, 7) is 0.175. The minimum absolute atomic E-state index is 0.0351. The highest BCUT2D eigenvalue weighted by molar-refractivity contribution is 6.01. The lowest BCUT2D eigenvalue weighted by atomic mass is 9.88. The molecule has 0 spiro atoms. The molecule has 2 aromatic carbocycles. The summed E-state index contributed by atoms with van der Waals surface area (Å²) in [5.74, 6) is -7.33. The molecule has 2 aliphatic carbocycles. The molecule has 3 amide bonds. The van der Waals surface area contributed by atoms with Gasteiger partial charge in [0.05, 0.1) is 6.07 Å². The van der Waals surface area contributed by atoms with Crippen LogP contribution in [0.2, 0.25) is 0 Å². The molecule has 2 aromatic rings. The Bertz CT molecular complexity index is 1380. The van der Waals surface area contributed by atoms with Gasteiger partial charge in [-0.3, -0.25) is 14.4 Å². The smallest absolute Gasteiger partial charge is 0.264 e.